The summed E-state index contributed by atoms with van der Waals surface area (Å²) in [5.41, 5.74) is 5.91. The summed E-state index contributed by atoms with van der Waals surface area (Å²) >= 11 is 6.90. The van der Waals surface area contributed by atoms with Gasteiger partial charge in [0.05, 0.1) is 16.8 Å². The zero-order chi connectivity index (χ0) is 10.3. The van der Waals surface area contributed by atoms with E-state index in [-0.39, 0.29) is 10.8 Å². The van der Waals surface area contributed by atoms with Gasteiger partial charge in [-0.05, 0) is 6.07 Å². The summed E-state index contributed by atoms with van der Waals surface area (Å²) < 4.78 is 19.0. The number of nitrogen functional groups attached to an aromatic ring is 1. The van der Waals surface area contributed by atoms with Gasteiger partial charge in [0.25, 0.3) is 0 Å². The van der Waals surface area contributed by atoms with Gasteiger partial charge in [0.2, 0.25) is 0 Å². The molecule has 2 rings (SSSR count). The van der Waals surface area contributed by atoms with E-state index in [1.807, 2.05) is 0 Å². The SMILES string of the molecule is COc1c(F)c(Cl)cc2sc(N)nc12. The molecule has 0 amide bonds. The first-order valence-corrected chi connectivity index (χ1v) is 4.91. The normalized spacial score (nSPS) is 10.8. The standard InChI is InChI=1S/C8H6ClFN2OS/c1-13-7-5(10)3(9)2-4-6(7)12-8(11)14-4/h2H,1H3,(H2,11,12). The van der Waals surface area contributed by atoms with Crippen LogP contribution in [0.3, 0.4) is 0 Å². The van der Waals surface area contributed by atoms with Gasteiger partial charge in [-0.2, -0.15) is 0 Å². The van der Waals surface area contributed by atoms with E-state index in [0.29, 0.717) is 15.3 Å². The number of aromatic nitrogens is 1. The van der Waals surface area contributed by atoms with Gasteiger partial charge in [0.15, 0.2) is 16.7 Å². The van der Waals surface area contributed by atoms with Gasteiger partial charge in [-0.25, -0.2) is 9.37 Å². The fourth-order valence-electron chi connectivity index (χ4n) is 1.19. The van der Waals surface area contributed by atoms with Gasteiger partial charge < -0.3 is 10.5 Å². The quantitative estimate of drug-likeness (QED) is 0.822. The molecule has 0 aliphatic carbocycles. The maximum atomic E-state index is 13.4. The van der Waals surface area contributed by atoms with Crippen LogP contribution in [0.5, 0.6) is 5.75 Å². The van der Waals surface area contributed by atoms with E-state index in [0.717, 1.165) is 0 Å². The summed E-state index contributed by atoms with van der Waals surface area (Å²) in [5.74, 6) is -0.563. The van der Waals surface area contributed by atoms with Crippen molar-refractivity contribution in [2.24, 2.45) is 0 Å². The molecule has 0 atom stereocenters. The van der Waals surface area contributed by atoms with Crippen LogP contribution in [0.15, 0.2) is 6.07 Å². The van der Waals surface area contributed by atoms with Gasteiger partial charge in [-0.15, -0.1) is 0 Å². The number of ether oxygens (including phenoxy) is 1. The number of nitrogens with zero attached hydrogens (tertiary/aromatic N) is 1. The largest absolute Gasteiger partial charge is 0.491 e. The van der Waals surface area contributed by atoms with Crippen LogP contribution in [-0.4, -0.2) is 12.1 Å². The second-order valence-electron chi connectivity index (χ2n) is 2.60. The highest BCUT2D eigenvalue weighted by Gasteiger charge is 2.16. The van der Waals surface area contributed by atoms with Crippen molar-refractivity contribution in [1.29, 1.82) is 0 Å². The van der Waals surface area contributed by atoms with Crippen molar-refractivity contribution in [3.05, 3.63) is 16.9 Å². The minimum atomic E-state index is -0.605. The van der Waals surface area contributed by atoms with Crippen molar-refractivity contribution < 1.29 is 9.13 Å². The molecule has 1 heterocycles. The van der Waals surface area contributed by atoms with Crippen LogP contribution in [0.4, 0.5) is 9.52 Å². The molecule has 0 saturated carbocycles. The molecule has 0 radical (unpaired) electrons. The van der Waals surface area contributed by atoms with Gasteiger partial charge in [0.1, 0.15) is 5.52 Å². The number of nitrogens with two attached hydrogens (primary N) is 1. The van der Waals surface area contributed by atoms with Crippen molar-refractivity contribution in [3.63, 3.8) is 0 Å². The maximum absolute atomic E-state index is 13.4. The monoisotopic (exact) mass is 232 g/mol. The van der Waals surface area contributed by atoms with Crippen LogP contribution in [0.1, 0.15) is 0 Å². The first-order chi connectivity index (χ1) is 6.63. The number of thiazole rings is 1. The number of hydrogen-bond donors (Lipinski definition) is 1. The maximum Gasteiger partial charge on any atom is 0.185 e. The fourth-order valence-corrected chi connectivity index (χ4v) is 2.22. The van der Waals surface area contributed by atoms with E-state index in [9.17, 15) is 4.39 Å². The van der Waals surface area contributed by atoms with E-state index in [2.05, 4.69) is 4.98 Å². The Morgan fingerprint density at radius 1 is 1.64 bits per heavy atom. The van der Waals surface area contributed by atoms with Gasteiger partial charge in [0, 0.05) is 0 Å². The van der Waals surface area contributed by atoms with Gasteiger partial charge in [-0.1, -0.05) is 22.9 Å². The molecule has 1 aromatic carbocycles. The van der Waals surface area contributed by atoms with Crippen LogP contribution >= 0.6 is 22.9 Å². The highest BCUT2D eigenvalue weighted by molar-refractivity contribution is 7.22. The number of benzene rings is 1. The number of hydrogen-bond acceptors (Lipinski definition) is 4. The topological polar surface area (TPSA) is 48.1 Å². The Balaban J connectivity index is 2.87. The lowest BCUT2D eigenvalue weighted by Gasteiger charge is -2.03. The molecular formula is C8H6ClFN2OS. The summed E-state index contributed by atoms with van der Waals surface area (Å²) in [5, 5.41) is 0.373. The zero-order valence-electron chi connectivity index (χ0n) is 7.17. The molecule has 2 N–H and O–H groups in total. The molecule has 0 saturated heterocycles. The molecule has 74 valence electrons. The Hall–Kier alpha value is -1.07. The van der Waals surface area contributed by atoms with Crippen molar-refractivity contribution in [1.82, 2.24) is 4.98 Å². The zero-order valence-corrected chi connectivity index (χ0v) is 8.75. The number of anilines is 1. The van der Waals surface area contributed by atoms with Gasteiger partial charge >= 0.3 is 0 Å². The first-order valence-electron chi connectivity index (χ1n) is 3.71. The highest BCUT2D eigenvalue weighted by atomic mass is 35.5. The molecule has 0 aliphatic heterocycles. The summed E-state index contributed by atoms with van der Waals surface area (Å²) in [6.07, 6.45) is 0. The molecule has 14 heavy (non-hydrogen) atoms. The number of rotatable bonds is 1. The lowest BCUT2D eigenvalue weighted by atomic mass is 10.3. The van der Waals surface area contributed by atoms with Crippen molar-refractivity contribution in [2.75, 3.05) is 12.8 Å². The van der Waals surface area contributed by atoms with Crippen LogP contribution in [-0.2, 0) is 0 Å². The molecule has 0 aliphatic rings. The molecule has 3 nitrogen and oxygen atoms in total. The second-order valence-corrected chi connectivity index (χ2v) is 4.07. The molecule has 1 aromatic heterocycles. The predicted molar refractivity (Wildman–Crippen MR) is 55.6 cm³/mol. The van der Waals surface area contributed by atoms with E-state index in [4.69, 9.17) is 22.1 Å². The minimum absolute atomic E-state index is 0.0120. The summed E-state index contributed by atoms with van der Waals surface area (Å²) in [6.45, 7) is 0. The molecular weight excluding hydrogens is 227 g/mol. The highest BCUT2D eigenvalue weighted by Crippen LogP contribution is 2.36. The number of methoxy groups -OCH3 is 1. The summed E-state index contributed by atoms with van der Waals surface area (Å²) in [4.78, 5) is 3.96. The molecule has 6 heteroatoms. The third-order valence-corrected chi connectivity index (χ3v) is 2.86. The van der Waals surface area contributed by atoms with Gasteiger partial charge in [-0.3, -0.25) is 0 Å². The molecule has 2 aromatic rings. The minimum Gasteiger partial charge on any atom is -0.491 e. The number of fused-ring (bicyclic) bond motifs is 1. The van der Waals surface area contributed by atoms with Crippen LogP contribution in [0.2, 0.25) is 5.02 Å². The number of halogens is 2. The van der Waals surface area contributed by atoms with E-state index in [1.54, 1.807) is 0 Å². The van der Waals surface area contributed by atoms with E-state index >= 15 is 0 Å². The second kappa shape index (κ2) is 3.25. The average Bonchev–Trinajstić information content (AvgIpc) is 2.47. The van der Waals surface area contributed by atoms with Crippen LogP contribution in [0, 0.1) is 5.82 Å². The van der Waals surface area contributed by atoms with Crippen molar-refractivity contribution in [3.8, 4) is 5.75 Å². The first kappa shape index (κ1) is 9.48. The predicted octanol–water partition coefficient (Wildman–Crippen LogP) is 2.68. The molecule has 0 unspecified atom stereocenters. The molecule has 0 spiro atoms. The third-order valence-electron chi connectivity index (χ3n) is 1.76. The fraction of sp³-hybridized carbons (Fsp3) is 0.125. The molecule has 0 fully saturated rings. The van der Waals surface area contributed by atoms with Crippen molar-refractivity contribution in [2.45, 2.75) is 0 Å². The lowest BCUT2D eigenvalue weighted by molar-refractivity contribution is 0.391. The Labute approximate surface area is 88.3 Å². The lowest BCUT2D eigenvalue weighted by Crippen LogP contribution is -1.90. The Kier molecular flexibility index (Phi) is 2.20. The Morgan fingerprint density at radius 3 is 3.00 bits per heavy atom. The summed E-state index contributed by atoms with van der Waals surface area (Å²) in [6, 6.07) is 1.49. The third kappa shape index (κ3) is 1.29. The average molecular weight is 233 g/mol. The van der Waals surface area contributed by atoms with Crippen molar-refractivity contribution >= 4 is 38.3 Å². The Morgan fingerprint density at radius 2 is 2.36 bits per heavy atom. The smallest absolute Gasteiger partial charge is 0.185 e. The van der Waals surface area contributed by atoms with Crippen LogP contribution < -0.4 is 10.5 Å². The summed E-state index contributed by atoms with van der Waals surface area (Å²) in [7, 11) is 1.36. The van der Waals surface area contributed by atoms with E-state index in [1.165, 1.54) is 24.5 Å². The molecule has 0 bridgehead atoms. The van der Waals surface area contributed by atoms with E-state index < -0.39 is 5.82 Å². The van der Waals surface area contributed by atoms with Crippen LogP contribution in [0.25, 0.3) is 10.2 Å². The Bertz CT molecular complexity index is 500.